The topological polar surface area (TPSA) is 38.0 Å². The first-order valence-corrected chi connectivity index (χ1v) is 6.39. The number of nitrogens with zero attached hydrogens (tertiary/aromatic N) is 2. The van der Waals surface area contributed by atoms with Gasteiger partial charge in [0.1, 0.15) is 5.60 Å². The van der Waals surface area contributed by atoms with Crippen LogP contribution in [-0.2, 0) is 12.1 Å². The molecule has 1 heterocycles. The summed E-state index contributed by atoms with van der Waals surface area (Å²) in [4.78, 5) is 4.03. The van der Waals surface area contributed by atoms with Gasteiger partial charge in [0.05, 0.1) is 12.9 Å². The van der Waals surface area contributed by atoms with Crippen molar-refractivity contribution in [3.8, 4) is 0 Å². The van der Waals surface area contributed by atoms with Crippen LogP contribution < -0.4 is 0 Å². The lowest BCUT2D eigenvalue weighted by Crippen LogP contribution is -2.31. The molecule has 18 heavy (non-hydrogen) atoms. The minimum atomic E-state index is -0.816. The third kappa shape index (κ3) is 2.79. The van der Waals surface area contributed by atoms with Gasteiger partial charge in [-0.05, 0) is 18.9 Å². The average molecular weight is 244 g/mol. The molecule has 1 aromatic heterocycles. The van der Waals surface area contributed by atoms with Crippen molar-refractivity contribution in [1.29, 1.82) is 0 Å². The average Bonchev–Trinajstić information content (AvgIpc) is 2.82. The SMILES string of the molecule is CCCC(O)(Cn1ccnc1)c1ccc(C)cc1. The fourth-order valence-electron chi connectivity index (χ4n) is 2.27. The molecule has 0 aliphatic rings. The molecule has 0 radical (unpaired) electrons. The summed E-state index contributed by atoms with van der Waals surface area (Å²) in [6, 6.07) is 8.12. The Morgan fingerprint density at radius 3 is 2.56 bits per heavy atom. The summed E-state index contributed by atoms with van der Waals surface area (Å²) in [7, 11) is 0. The molecule has 0 aliphatic carbocycles. The van der Waals surface area contributed by atoms with E-state index in [4.69, 9.17) is 0 Å². The molecule has 1 aromatic carbocycles. The molecule has 1 N–H and O–H groups in total. The van der Waals surface area contributed by atoms with E-state index in [0.717, 1.165) is 18.4 Å². The van der Waals surface area contributed by atoms with E-state index in [2.05, 4.69) is 18.8 Å². The van der Waals surface area contributed by atoms with Gasteiger partial charge in [-0.15, -0.1) is 0 Å². The van der Waals surface area contributed by atoms with Crippen LogP contribution >= 0.6 is 0 Å². The molecule has 3 nitrogen and oxygen atoms in total. The Morgan fingerprint density at radius 1 is 1.28 bits per heavy atom. The second-order valence-corrected chi connectivity index (χ2v) is 4.88. The summed E-state index contributed by atoms with van der Waals surface area (Å²) in [6.07, 6.45) is 7.05. The highest BCUT2D eigenvalue weighted by Gasteiger charge is 2.28. The van der Waals surface area contributed by atoms with Crippen LogP contribution in [0.4, 0.5) is 0 Å². The lowest BCUT2D eigenvalue weighted by Gasteiger charge is -2.29. The van der Waals surface area contributed by atoms with Crippen molar-refractivity contribution < 1.29 is 5.11 Å². The quantitative estimate of drug-likeness (QED) is 0.878. The fraction of sp³-hybridized carbons (Fsp3) is 0.400. The van der Waals surface area contributed by atoms with Crippen molar-refractivity contribution in [2.75, 3.05) is 0 Å². The monoisotopic (exact) mass is 244 g/mol. The lowest BCUT2D eigenvalue weighted by atomic mass is 9.88. The summed E-state index contributed by atoms with van der Waals surface area (Å²) in [5.41, 5.74) is 1.37. The molecular formula is C15H20N2O. The third-order valence-corrected chi connectivity index (χ3v) is 3.26. The van der Waals surface area contributed by atoms with Crippen LogP contribution in [0.3, 0.4) is 0 Å². The minimum Gasteiger partial charge on any atom is -0.383 e. The standard InChI is InChI=1S/C15H20N2O/c1-3-8-15(18,11-17-10-9-16-12-17)14-6-4-13(2)5-7-14/h4-7,9-10,12,18H,3,8,11H2,1-2H3. The van der Waals surface area contributed by atoms with Crippen LogP contribution in [-0.4, -0.2) is 14.7 Å². The van der Waals surface area contributed by atoms with Gasteiger partial charge >= 0.3 is 0 Å². The molecule has 3 heteroatoms. The molecule has 0 amide bonds. The molecule has 0 bridgehead atoms. The van der Waals surface area contributed by atoms with Crippen LogP contribution in [0.5, 0.6) is 0 Å². The first-order chi connectivity index (χ1) is 8.64. The molecule has 96 valence electrons. The molecule has 0 aliphatic heterocycles. The summed E-state index contributed by atoms with van der Waals surface area (Å²) in [5.74, 6) is 0. The molecule has 0 saturated carbocycles. The van der Waals surface area contributed by atoms with Crippen molar-refractivity contribution in [3.05, 3.63) is 54.1 Å². The molecule has 0 spiro atoms. The summed E-state index contributed by atoms with van der Waals surface area (Å²) < 4.78 is 1.93. The molecule has 0 saturated heterocycles. The highest BCUT2D eigenvalue weighted by molar-refractivity contribution is 5.26. The van der Waals surface area contributed by atoms with Gasteiger partial charge in [-0.25, -0.2) is 4.98 Å². The van der Waals surface area contributed by atoms with Gasteiger partial charge in [0, 0.05) is 12.4 Å². The predicted octanol–water partition coefficient (Wildman–Crippen LogP) is 2.88. The molecule has 2 rings (SSSR count). The Labute approximate surface area is 108 Å². The number of benzene rings is 1. The lowest BCUT2D eigenvalue weighted by molar-refractivity contribution is 0.00885. The van der Waals surface area contributed by atoms with E-state index in [1.165, 1.54) is 5.56 Å². The van der Waals surface area contributed by atoms with E-state index in [1.54, 1.807) is 12.5 Å². The van der Waals surface area contributed by atoms with Crippen LogP contribution in [0.2, 0.25) is 0 Å². The Hall–Kier alpha value is -1.61. The zero-order valence-corrected chi connectivity index (χ0v) is 11.0. The van der Waals surface area contributed by atoms with Gasteiger partial charge in [-0.2, -0.15) is 0 Å². The second kappa shape index (κ2) is 5.36. The maximum absolute atomic E-state index is 10.9. The fourth-order valence-corrected chi connectivity index (χ4v) is 2.27. The van der Waals surface area contributed by atoms with E-state index in [1.807, 2.05) is 35.0 Å². The Balaban J connectivity index is 2.28. The molecule has 2 aromatic rings. The highest BCUT2D eigenvalue weighted by Crippen LogP contribution is 2.28. The van der Waals surface area contributed by atoms with Gasteiger partial charge in [-0.3, -0.25) is 0 Å². The van der Waals surface area contributed by atoms with E-state index in [-0.39, 0.29) is 0 Å². The van der Waals surface area contributed by atoms with Crippen molar-refractivity contribution in [2.45, 2.75) is 38.8 Å². The van der Waals surface area contributed by atoms with Crippen molar-refractivity contribution in [1.82, 2.24) is 9.55 Å². The number of imidazole rings is 1. The van der Waals surface area contributed by atoms with Crippen LogP contribution in [0.25, 0.3) is 0 Å². The Bertz CT molecular complexity index is 476. The number of hydrogen-bond acceptors (Lipinski definition) is 2. The smallest absolute Gasteiger partial charge is 0.107 e. The zero-order chi connectivity index (χ0) is 13.0. The number of aromatic nitrogens is 2. The van der Waals surface area contributed by atoms with Gasteiger partial charge in [0.2, 0.25) is 0 Å². The Kier molecular flexibility index (Phi) is 3.82. The predicted molar refractivity (Wildman–Crippen MR) is 72.2 cm³/mol. The highest BCUT2D eigenvalue weighted by atomic mass is 16.3. The number of aliphatic hydroxyl groups is 1. The van der Waals surface area contributed by atoms with Crippen molar-refractivity contribution in [2.24, 2.45) is 0 Å². The number of hydrogen-bond donors (Lipinski definition) is 1. The molecule has 0 fully saturated rings. The molecular weight excluding hydrogens is 224 g/mol. The van der Waals surface area contributed by atoms with E-state index < -0.39 is 5.60 Å². The largest absolute Gasteiger partial charge is 0.383 e. The van der Waals surface area contributed by atoms with Crippen LogP contribution in [0.15, 0.2) is 43.0 Å². The first-order valence-electron chi connectivity index (χ1n) is 6.39. The number of aryl methyl sites for hydroxylation is 1. The van der Waals surface area contributed by atoms with Crippen molar-refractivity contribution in [3.63, 3.8) is 0 Å². The van der Waals surface area contributed by atoms with Gasteiger partial charge in [-0.1, -0.05) is 43.2 Å². The van der Waals surface area contributed by atoms with Crippen LogP contribution in [0, 0.1) is 6.92 Å². The van der Waals surface area contributed by atoms with Gasteiger partial charge < -0.3 is 9.67 Å². The van der Waals surface area contributed by atoms with E-state index >= 15 is 0 Å². The number of rotatable bonds is 5. The summed E-state index contributed by atoms with van der Waals surface area (Å²) in [5, 5.41) is 10.9. The van der Waals surface area contributed by atoms with Crippen molar-refractivity contribution >= 4 is 0 Å². The van der Waals surface area contributed by atoms with Gasteiger partial charge in [0.15, 0.2) is 0 Å². The first kappa shape index (κ1) is 12.8. The van der Waals surface area contributed by atoms with Crippen LogP contribution in [0.1, 0.15) is 30.9 Å². The van der Waals surface area contributed by atoms with E-state index in [0.29, 0.717) is 6.54 Å². The summed E-state index contributed by atoms with van der Waals surface area (Å²) >= 11 is 0. The second-order valence-electron chi connectivity index (χ2n) is 4.88. The zero-order valence-electron chi connectivity index (χ0n) is 11.0. The Morgan fingerprint density at radius 2 is 2.00 bits per heavy atom. The maximum atomic E-state index is 10.9. The van der Waals surface area contributed by atoms with E-state index in [9.17, 15) is 5.11 Å². The minimum absolute atomic E-state index is 0.546. The summed E-state index contributed by atoms with van der Waals surface area (Å²) in [6.45, 7) is 4.69. The third-order valence-electron chi connectivity index (χ3n) is 3.26. The molecule has 1 atom stereocenters. The van der Waals surface area contributed by atoms with Gasteiger partial charge in [0.25, 0.3) is 0 Å². The maximum Gasteiger partial charge on any atom is 0.107 e. The molecule has 1 unspecified atom stereocenters. The normalized spacial score (nSPS) is 14.4.